The second-order valence-corrected chi connectivity index (χ2v) is 6.12. The van der Waals surface area contributed by atoms with Crippen LogP contribution in [-0.4, -0.2) is 31.2 Å². The Bertz CT molecular complexity index is 738. The number of thiophene rings is 1. The number of methoxy groups -OCH3 is 2. The molecule has 6 nitrogen and oxygen atoms in total. The van der Waals surface area contributed by atoms with Gasteiger partial charge in [0.25, 0.3) is 5.91 Å². The summed E-state index contributed by atoms with van der Waals surface area (Å²) in [5.41, 5.74) is 1.15. The molecule has 0 radical (unpaired) electrons. The Morgan fingerprint density at radius 1 is 1.22 bits per heavy atom. The first-order valence-corrected chi connectivity index (χ1v) is 7.58. The summed E-state index contributed by atoms with van der Waals surface area (Å²) >= 11 is 1.31. The molecule has 0 bridgehead atoms. The van der Waals surface area contributed by atoms with E-state index in [1.54, 1.807) is 12.1 Å². The molecule has 0 saturated carbocycles. The Labute approximate surface area is 137 Å². The van der Waals surface area contributed by atoms with Gasteiger partial charge in [-0.05, 0) is 36.8 Å². The molecule has 2 aromatic rings. The number of aryl methyl sites for hydroxylation is 1. The summed E-state index contributed by atoms with van der Waals surface area (Å²) in [4.78, 5) is 25.0. The minimum Gasteiger partial charge on any atom is -0.495 e. The number of anilines is 1. The fraction of sp³-hybridized carbons (Fsp3) is 0.250. The van der Waals surface area contributed by atoms with Crippen LogP contribution in [0.5, 0.6) is 5.75 Å². The largest absolute Gasteiger partial charge is 0.495 e. The second kappa shape index (κ2) is 7.26. The van der Waals surface area contributed by atoms with Gasteiger partial charge in [0.1, 0.15) is 10.6 Å². The molecule has 23 heavy (non-hydrogen) atoms. The van der Waals surface area contributed by atoms with E-state index in [-0.39, 0.29) is 18.1 Å². The van der Waals surface area contributed by atoms with Crippen LogP contribution in [-0.2, 0) is 11.3 Å². The molecular formula is C16H17NO5S. The van der Waals surface area contributed by atoms with Crippen LogP contribution in [0, 0.1) is 6.92 Å². The molecule has 2 rings (SSSR count). The van der Waals surface area contributed by atoms with Crippen LogP contribution in [0.4, 0.5) is 5.69 Å². The zero-order valence-electron chi connectivity index (χ0n) is 13.0. The first-order chi connectivity index (χ1) is 10.9. The van der Waals surface area contributed by atoms with Crippen LogP contribution >= 0.6 is 11.3 Å². The Morgan fingerprint density at radius 3 is 2.57 bits per heavy atom. The number of ether oxygens (including phenoxy) is 2. The summed E-state index contributed by atoms with van der Waals surface area (Å²) in [6.45, 7) is 2.14. The summed E-state index contributed by atoms with van der Waals surface area (Å²) in [7, 11) is 3.02. The molecule has 0 unspecified atom stereocenters. The number of carbonyl (C=O) groups excluding carboxylic acids is 1. The van der Waals surface area contributed by atoms with Crippen LogP contribution < -0.4 is 10.1 Å². The number of nitrogens with one attached hydrogen (secondary N) is 1. The summed E-state index contributed by atoms with van der Waals surface area (Å²) in [6.07, 6.45) is 0. The number of rotatable bonds is 6. The van der Waals surface area contributed by atoms with E-state index in [9.17, 15) is 9.59 Å². The third-order valence-electron chi connectivity index (χ3n) is 3.06. The molecule has 0 aliphatic heterocycles. The number of carbonyl (C=O) groups is 2. The van der Waals surface area contributed by atoms with Crippen molar-refractivity contribution in [2.45, 2.75) is 13.5 Å². The van der Waals surface area contributed by atoms with Crippen molar-refractivity contribution >= 4 is 28.9 Å². The van der Waals surface area contributed by atoms with E-state index < -0.39 is 5.97 Å². The number of amides is 1. The lowest BCUT2D eigenvalue weighted by Crippen LogP contribution is -2.12. The van der Waals surface area contributed by atoms with Gasteiger partial charge in [0.2, 0.25) is 0 Å². The fourth-order valence-corrected chi connectivity index (χ4v) is 3.00. The lowest BCUT2D eigenvalue weighted by atomic mass is 10.1. The molecule has 0 aliphatic rings. The number of hydrogen-bond donors (Lipinski definition) is 2. The summed E-state index contributed by atoms with van der Waals surface area (Å²) in [6, 6.07) is 6.38. The molecule has 0 fully saturated rings. The number of hydrogen-bond acceptors (Lipinski definition) is 5. The lowest BCUT2D eigenvalue weighted by molar-refractivity contribution is 0.0696. The lowest BCUT2D eigenvalue weighted by Gasteiger charge is -2.09. The van der Waals surface area contributed by atoms with Gasteiger partial charge in [0.15, 0.2) is 0 Å². The molecule has 0 atom stereocenters. The Hall–Kier alpha value is -2.38. The van der Waals surface area contributed by atoms with Crippen molar-refractivity contribution in [3.63, 3.8) is 0 Å². The summed E-state index contributed by atoms with van der Waals surface area (Å²) < 4.78 is 10.2. The molecule has 1 aromatic heterocycles. The molecule has 122 valence electrons. The molecular weight excluding hydrogens is 318 g/mol. The van der Waals surface area contributed by atoms with Gasteiger partial charge in [0, 0.05) is 17.7 Å². The zero-order chi connectivity index (χ0) is 17.0. The normalized spacial score (nSPS) is 10.4. The van der Waals surface area contributed by atoms with Crippen LogP contribution in [0.2, 0.25) is 0 Å². The zero-order valence-corrected chi connectivity index (χ0v) is 13.8. The molecule has 1 amide bonds. The van der Waals surface area contributed by atoms with Crippen molar-refractivity contribution in [3.05, 3.63) is 45.1 Å². The highest BCUT2D eigenvalue weighted by atomic mass is 32.1. The maximum atomic E-state index is 12.4. The van der Waals surface area contributed by atoms with E-state index >= 15 is 0 Å². The number of benzene rings is 1. The SMILES string of the molecule is COCc1cc(NC(=O)c2sc(C)cc2OC)cc(C(=O)O)c1. The van der Waals surface area contributed by atoms with Crippen LogP contribution in [0.1, 0.15) is 30.5 Å². The standard InChI is InChI=1S/C16H17NO5S/c1-9-4-13(22-3)14(23-9)15(18)17-12-6-10(8-21-2)5-11(7-12)16(19)20/h4-7H,8H2,1-3H3,(H,17,18)(H,19,20). The van der Waals surface area contributed by atoms with E-state index in [2.05, 4.69) is 5.32 Å². The number of carboxylic acid groups (broad SMARTS) is 1. The monoisotopic (exact) mass is 335 g/mol. The van der Waals surface area contributed by atoms with Gasteiger partial charge < -0.3 is 19.9 Å². The highest BCUT2D eigenvalue weighted by molar-refractivity contribution is 7.14. The predicted molar refractivity (Wildman–Crippen MR) is 87.7 cm³/mol. The third-order valence-corrected chi connectivity index (χ3v) is 4.09. The molecule has 0 aliphatic carbocycles. The van der Waals surface area contributed by atoms with E-state index in [0.717, 1.165) is 4.88 Å². The van der Waals surface area contributed by atoms with Gasteiger partial charge in [-0.15, -0.1) is 11.3 Å². The molecule has 1 aromatic carbocycles. The molecule has 0 saturated heterocycles. The Balaban J connectivity index is 2.31. The van der Waals surface area contributed by atoms with Crippen LogP contribution in [0.15, 0.2) is 24.3 Å². The van der Waals surface area contributed by atoms with E-state index in [1.807, 2.05) is 6.92 Å². The van der Waals surface area contributed by atoms with Crippen molar-refractivity contribution in [2.24, 2.45) is 0 Å². The average Bonchev–Trinajstić information content (AvgIpc) is 2.88. The Kier molecular flexibility index (Phi) is 5.36. The van der Waals surface area contributed by atoms with Crippen LogP contribution in [0.25, 0.3) is 0 Å². The van der Waals surface area contributed by atoms with Crippen molar-refractivity contribution in [1.82, 2.24) is 0 Å². The third kappa shape index (κ3) is 4.08. The van der Waals surface area contributed by atoms with Gasteiger partial charge >= 0.3 is 5.97 Å². The summed E-state index contributed by atoms with van der Waals surface area (Å²) in [5.74, 6) is -0.912. The molecule has 0 spiro atoms. The van der Waals surface area contributed by atoms with E-state index in [0.29, 0.717) is 21.9 Å². The minimum absolute atomic E-state index is 0.0872. The smallest absolute Gasteiger partial charge is 0.335 e. The summed E-state index contributed by atoms with van der Waals surface area (Å²) in [5, 5.41) is 11.9. The minimum atomic E-state index is -1.07. The maximum Gasteiger partial charge on any atom is 0.335 e. The van der Waals surface area contributed by atoms with Crippen molar-refractivity contribution < 1.29 is 24.2 Å². The highest BCUT2D eigenvalue weighted by Crippen LogP contribution is 2.29. The fourth-order valence-electron chi connectivity index (χ4n) is 2.13. The van der Waals surface area contributed by atoms with Crippen molar-refractivity contribution in [1.29, 1.82) is 0 Å². The predicted octanol–water partition coefficient (Wildman–Crippen LogP) is 3.16. The molecule has 2 N–H and O–H groups in total. The van der Waals surface area contributed by atoms with Gasteiger partial charge in [-0.1, -0.05) is 0 Å². The molecule has 7 heteroatoms. The van der Waals surface area contributed by atoms with E-state index in [4.69, 9.17) is 14.6 Å². The van der Waals surface area contributed by atoms with Crippen LogP contribution in [0.3, 0.4) is 0 Å². The molecule has 1 heterocycles. The van der Waals surface area contributed by atoms with Crippen molar-refractivity contribution in [3.8, 4) is 5.75 Å². The second-order valence-electron chi connectivity index (χ2n) is 4.87. The number of carboxylic acids is 1. The first kappa shape index (κ1) is 17.0. The topological polar surface area (TPSA) is 84.9 Å². The van der Waals surface area contributed by atoms with E-state index in [1.165, 1.54) is 37.7 Å². The van der Waals surface area contributed by atoms with Crippen molar-refractivity contribution in [2.75, 3.05) is 19.5 Å². The maximum absolute atomic E-state index is 12.4. The highest BCUT2D eigenvalue weighted by Gasteiger charge is 2.17. The van der Waals surface area contributed by atoms with Gasteiger partial charge in [-0.2, -0.15) is 0 Å². The quantitative estimate of drug-likeness (QED) is 0.847. The number of aromatic carboxylic acids is 1. The van der Waals surface area contributed by atoms with Gasteiger partial charge in [-0.25, -0.2) is 4.79 Å². The first-order valence-electron chi connectivity index (χ1n) is 6.76. The van der Waals surface area contributed by atoms with Gasteiger partial charge in [-0.3, -0.25) is 4.79 Å². The Morgan fingerprint density at radius 2 is 1.96 bits per heavy atom. The average molecular weight is 335 g/mol. The van der Waals surface area contributed by atoms with Gasteiger partial charge in [0.05, 0.1) is 19.3 Å².